The molecule has 3 heteroatoms. The van der Waals surface area contributed by atoms with Crippen LogP contribution < -0.4 is 0 Å². The number of alkyl halides is 1. The number of allylic oxidation sites excluding steroid dienone is 1. The first-order chi connectivity index (χ1) is 4.81. The van der Waals surface area contributed by atoms with E-state index in [-0.39, 0.29) is 5.97 Å². The van der Waals surface area contributed by atoms with Crippen LogP contribution in [0.25, 0.3) is 0 Å². The minimum absolute atomic E-state index is 0.263. The van der Waals surface area contributed by atoms with Crippen LogP contribution in [-0.4, -0.2) is 17.9 Å². The van der Waals surface area contributed by atoms with Crippen LogP contribution >= 0.6 is 15.9 Å². The summed E-state index contributed by atoms with van der Waals surface area (Å²) in [5.74, 6) is -0.263. The molecule has 2 nitrogen and oxygen atoms in total. The number of halogens is 1. The number of carbonyl (C=O) groups is 1. The molecule has 0 rings (SSSR count). The van der Waals surface area contributed by atoms with Gasteiger partial charge >= 0.3 is 5.97 Å². The minimum Gasteiger partial charge on any atom is -0.463 e. The van der Waals surface area contributed by atoms with Crippen molar-refractivity contribution >= 4 is 21.9 Å². The lowest BCUT2D eigenvalue weighted by molar-refractivity contribution is -0.137. The summed E-state index contributed by atoms with van der Waals surface area (Å²) in [6.45, 7) is 2.47. The van der Waals surface area contributed by atoms with Gasteiger partial charge in [0.1, 0.15) is 0 Å². The second-order valence-electron chi connectivity index (χ2n) is 1.72. The molecule has 0 N–H and O–H groups in total. The minimum atomic E-state index is -0.263. The summed E-state index contributed by atoms with van der Waals surface area (Å²) >= 11 is 3.15. The van der Waals surface area contributed by atoms with Crippen molar-refractivity contribution in [3.05, 3.63) is 12.2 Å². The van der Waals surface area contributed by atoms with E-state index in [0.717, 1.165) is 6.42 Å². The fourth-order valence-electron chi connectivity index (χ4n) is 0.392. The molecule has 0 aliphatic carbocycles. The van der Waals surface area contributed by atoms with E-state index in [1.165, 1.54) is 6.08 Å². The summed E-state index contributed by atoms with van der Waals surface area (Å²) in [7, 11) is 0. The van der Waals surface area contributed by atoms with Crippen molar-refractivity contribution in [1.29, 1.82) is 0 Å². The molecule has 0 aromatic heterocycles. The molecule has 58 valence electrons. The largest absolute Gasteiger partial charge is 0.463 e. The third kappa shape index (κ3) is 5.82. The number of hydrogen-bond donors (Lipinski definition) is 0. The maximum Gasteiger partial charge on any atom is 0.330 e. The number of ether oxygens (including phenoxy) is 1. The third-order valence-corrected chi connectivity index (χ3v) is 1.17. The van der Waals surface area contributed by atoms with Crippen molar-refractivity contribution in [1.82, 2.24) is 0 Å². The highest BCUT2D eigenvalue weighted by Crippen LogP contribution is 1.86. The predicted octanol–water partition coefficient (Wildman–Crippen LogP) is 1.89. The molecule has 0 heterocycles. The van der Waals surface area contributed by atoms with Crippen LogP contribution in [0.5, 0.6) is 0 Å². The molecule has 0 saturated carbocycles. The van der Waals surface area contributed by atoms with Gasteiger partial charge < -0.3 is 4.74 Å². The first-order valence-electron chi connectivity index (χ1n) is 3.20. The first-order valence-corrected chi connectivity index (χ1v) is 4.32. The van der Waals surface area contributed by atoms with Gasteiger partial charge in [-0.2, -0.15) is 0 Å². The van der Waals surface area contributed by atoms with Gasteiger partial charge in [0.15, 0.2) is 0 Å². The predicted molar refractivity (Wildman–Crippen MR) is 44.2 cm³/mol. The summed E-state index contributed by atoms with van der Waals surface area (Å²) in [6.07, 6.45) is 4.00. The molecule has 0 fully saturated rings. The fraction of sp³-hybridized carbons (Fsp3) is 0.571. The molecular weight excluding hydrogens is 196 g/mol. The summed E-state index contributed by atoms with van der Waals surface area (Å²) in [5.41, 5.74) is 0. The Labute approximate surface area is 69.4 Å². The standard InChI is InChI=1S/C7H11BrO2/c1-2-6-10-7(9)4-3-5-8/h3-4H,2,5-6H2,1H3. The molecule has 0 unspecified atom stereocenters. The van der Waals surface area contributed by atoms with E-state index in [4.69, 9.17) is 4.74 Å². The van der Waals surface area contributed by atoms with Gasteiger partial charge in [-0.05, 0) is 6.42 Å². The number of hydrogen-bond acceptors (Lipinski definition) is 2. The van der Waals surface area contributed by atoms with Crippen LogP contribution in [0.15, 0.2) is 12.2 Å². The average Bonchev–Trinajstić information content (AvgIpc) is 1.97. The molecule has 0 bridgehead atoms. The van der Waals surface area contributed by atoms with Gasteiger partial charge in [0, 0.05) is 11.4 Å². The van der Waals surface area contributed by atoms with E-state index < -0.39 is 0 Å². The first kappa shape index (κ1) is 9.69. The maximum absolute atomic E-state index is 10.6. The molecule has 0 amide bonds. The zero-order valence-corrected chi connectivity index (χ0v) is 7.56. The quantitative estimate of drug-likeness (QED) is 0.399. The highest BCUT2D eigenvalue weighted by atomic mass is 79.9. The smallest absolute Gasteiger partial charge is 0.330 e. The molecule has 0 atom stereocenters. The zero-order valence-electron chi connectivity index (χ0n) is 5.97. The summed E-state index contributed by atoms with van der Waals surface area (Å²) in [4.78, 5) is 10.6. The van der Waals surface area contributed by atoms with Crippen molar-refractivity contribution < 1.29 is 9.53 Å². The highest BCUT2D eigenvalue weighted by Gasteiger charge is 1.91. The number of esters is 1. The number of carbonyl (C=O) groups excluding carboxylic acids is 1. The SMILES string of the molecule is CCCOC(=O)C=CCBr. The Balaban J connectivity index is 3.34. The Morgan fingerprint density at radius 3 is 2.90 bits per heavy atom. The van der Waals surface area contributed by atoms with E-state index >= 15 is 0 Å². The number of rotatable bonds is 4. The van der Waals surface area contributed by atoms with Crippen LogP contribution in [0.1, 0.15) is 13.3 Å². The van der Waals surface area contributed by atoms with Crippen LogP contribution in [0.3, 0.4) is 0 Å². The second kappa shape index (κ2) is 6.81. The fourth-order valence-corrected chi connectivity index (χ4v) is 0.578. The van der Waals surface area contributed by atoms with Crippen molar-refractivity contribution in [2.24, 2.45) is 0 Å². The Morgan fingerprint density at radius 2 is 2.40 bits per heavy atom. The van der Waals surface area contributed by atoms with Gasteiger partial charge in [-0.25, -0.2) is 4.79 Å². The monoisotopic (exact) mass is 206 g/mol. The third-order valence-electron chi connectivity index (χ3n) is 0.791. The van der Waals surface area contributed by atoms with E-state index in [1.54, 1.807) is 6.08 Å². The average molecular weight is 207 g/mol. The molecule has 0 aromatic carbocycles. The lowest BCUT2D eigenvalue weighted by Crippen LogP contribution is -2.00. The van der Waals surface area contributed by atoms with Crippen molar-refractivity contribution in [2.45, 2.75) is 13.3 Å². The van der Waals surface area contributed by atoms with Crippen molar-refractivity contribution in [3.63, 3.8) is 0 Å². The zero-order chi connectivity index (χ0) is 7.82. The molecule has 0 saturated heterocycles. The van der Waals surface area contributed by atoms with E-state index in [2.05, 4.69) is 15.9 Å². The molecule has 0 aliphatic heterocycles. The van der Waals surface area contributed by atoms with Crippen LogP contribution in [0, 0.1) is 0 Å². The molecular formula is C7H11BrO2. The summed E-state index contributed by atoms with van der Waals surface area (Å²) in [5, 5.41) is 0.689. The van der Waals surface area contributed by atoms with Crippen molar-refractivity contribution in [2.75, 3.05) is 11.9 Å². The van der Waals surface area contributed by atoms with E-state index in [0.29, 0.717) is 11.9 Å². The lowest BCUT2D eigenvalue weighted by Gasteiger charge is -1.95. The Bertz CT molecular complexity index is 121. The summed E-state index contributed by atoms with van der Waals surface area (Å²) < 4.78 is 4.75. The van der Waals surface area contributed by atoms with Crippen molar-refractivity contribution in [3.8, 4) is 0 Å². The van der Waals surface area contributed by atoms with Crippen LogP contribution in [-0.2, 0) is 9.53 Å². The van der Waals surface area contributed by atoms with Gasteiger partial charge in [0.25, 0.3) is 0 Å². The Hall–Kier alpha value is -0.310. The normalized spacial score (nSPS) is 10.2. The molecule has 0 radical (unpaired) electrons. The second-order valence-corrected chi connectivity index (χ2v) is 2.37. The highest BCUT2D eigenvalue weighted by molar-refractivity contribution is 9.09. The van der Waals surface area contributed by atoms with Gasteiger partial charge in [-0.3, -0.25) is 0 Å². The molecule has 0 aliphatic rings. The van der Waals surface area contributed by atoms with Crippen LogP contribution in [0.4, 0.5) is 0 Å². The van der Waals surface area contributed by atoms with Crippen LogP contribution in [0.2, 0.25) is 0 Å². The molecule has 0 aromatic rings. The van der Waals surface area contributed by atoms with Gasteiger partial charge in [-0.1, -0.05) is 28.9 Å². The van der Waals surface area contributed by atoms with Gasteiger partial charge in [-0.15, -0.1) is 0 Å². The Kier molecular flexibility index (Phi) is 6.59. The molecule has 10 heavy (non-hydrogen) atoms. The van der Waals surface area contributed by atoms with Gasteiger partial charge in [0.2, 0.25) is 0 Å². The Morgan fingerprint density at radius 1 is 1.70 bits per heavy atom. The van der Waals surface area contributed by atoms with E-state index in [1.807, 2.05) is 6.92 Å². The maximum atomic E-state index is 10.6. The lowest BCUT2D eigenvalue weighted by atomic mass is 10.5. The summed E-state index contributed by atoms with van der Waals surface area (Å²) in [6, 6.07) is 0. The topological polar surface area (TPSA) is 26.3 Å². The van der Waals surface area contributed by atoms with Gasteiger partial charge in [0.05, 0.1) is 6.61 Å². The van der Waals surface area contributed by atoms with E-state index in [9.17, 15) is 4.79 Å². The molecule has 0 spiro atoms.